The first-order valence-corrected chi connectivity index (χ1v) is 8.39. The van der Waals surface area contributed by atoms with Crippen LogP contribution in [0.5, 0.6) is 0 Å². The third kappa shape index (κ3) is 2.85. The number of sulfonamides is 1. The minimum Gasteiger partial charge on any atom is -0.447 e. The molecule has 0 bridgehead atoms. The lowest BCUT2D eigenvalue weighted by Gasteiger charge is -2.17. The number of furan rings is 1. The van der Waals surface area contributed by atoms with Crippen LogP contribution in [0.4, 0.5) is 0 Å². The summed E-state index contributed by atoms with van der Waals surface area (Å²) in [5.41, 5.74) is 0. The maximum atomic E-state index is 12.4. The van der Waals surface area contributed by atoms with Crippen molar-refractivity contribution in [2.45, 2.75) is 56.3 Å². The van der Waals surface area contributed by atoms with Gasteiger partial charge in [-0.25, -0.2) is 8.42 Å². The van der Waals surface area contributed by atoms with Crippen molar-refractivity contribution >= 4 is 10.0 Å². The van der Waals surface area contributed by atoms with E-state index in [0.29, 0.717) is 24.9 Å². The second-order valence-corrected chi connectivity index (χ2v) is 7.14. The van der Waals surface area contributed by atoms with E-state index in [1.54, 1.807) is 16.4 Å². The molecule has 3 rings (SSSR count). The molecule has 0 unspecified atom stereocenters. The molecule has 2 fully saturated rings. The standard InChI is InChI=1S/C13H20N2O3S/c1-2-15(11-5-6-11)19(16,17)13-8-7-12(18-13)9-14-10-3-4-10/h7-8,10-11,14H,2-6,9H2,1H3. The molecule has 6 heteroatoms. The van der Waals surface area contributed by atoms with E-state index in [2.05, 4.69) is 5.32 Å². The van der Waals surface area contributed by atoms with E-state index in [9.17, 15) is 8.42 Å². The Bertz CT molecular complexity index is 544. The molecule has 19 heavy (non-hydrogen) atoms. The van der Waals surface area contributed by atoms with E-state index in [-0.39, 0.29) is 11.1 Å². The van der Waals surface area contributed by atoms with Crippen LogP contribution in [0.2, 0.25) is 0 Å². The number of hydrogen-bond acceptors (Lipinski definition) is 4. The second kappa shape index (κ2) is 4.92. The van der Waals surface area contributed by atoms with Crippen molar-refractivity contribution in [1.29, 1.82) is 0 Å². The Hall–Kier alpha value is -0.850. The summed E-state index contributed by atoms with van der Waals surface area (Å²) in [5, 5.41) is 3.39. The van der Waals surface area contributed by atoms with Crippen molar-refractivity contribution in [1.82, 2.24) is 9.62 Å². The molecule has 5 nitrogen and oxygen atoms in total. The summed E-state index contributed by atoms with van der Waals surface area (Å²) in [7, 11) is -3.45. The fourth-order valence-electron chi connectivity index (χ4n) is 2.23. The molecule has 2 saturated carbocycles. The van der Waals surface area contributed by atoms with E-state index >= 15 is 0 Å². The first kappa shape index (κ1) is 13.1. The molecular formula is C13H20N2O3S. The van der Waals surface area contributed by atoms with E-state index < -0.39 is 10.0 Å². The van der Waals surface area contributed by atoms with E-state index in [1.165, 1.54) is 12.8 Å². The van der Waals surface area contributed by atoms with Crippen LogP contribution in [0.15, 0.2) is 21.6 Å². The van der Waals surface area contributed by atoms with E-state index in [1.807, 2.05) is 6.92 Å². The van der Waals surface area contributed by atoms with Crippen LogP contribution in [0, 0.1) is 0 Å². The average Bonchev–Trinajstić information content (AvgIpc) is 3.29. The van der Waals surface area contributed by atoms with Crippen LogP contribution in [-0.2, 0) is 16.6 Å². The highest BCUT2D eigenvalue weighted by molar-refractivity contribution is 7.89. The lowest BCUT2D eigenvalue weighted by molar-refractivity contribution is 0.365. The molecule has 0 aliphatic heterocycles. The fourth-order valence-corrected chi connectivity index (χ4v) is 3.85. The second-order valence-electron chi connectivity index (χ2n) is 5.32. The summed E-state index contributed by atoms with van der Waals surface area (Å²) < 4.78 is 31.9. The zero-order valence-electron chi connectivity index (χ0n) is 11.1. The van der Waals surface area contributed by atoms with Crippen LogP contribution in [0.3, 0.4) is 0 Å². The van der Waals surface area contributed by atoms with Gasteiger partial charge in [-0.05, 0) is 37.8 Å². The Kier molecular flexibility index (Phi) is 3.41. The SMILES string of the molecule is CCN(C1CC1)S(=O)(=O)c1ccc(CNC2CC2)o1. The zero-order valence-corrected chi connectivity index (χ0v) is 11.9. The molecule has 0 spiro atoms. The topological polar surface area (TPSA) is 62.6 Å². The Labute approximate surface area is 114 Å². The van der Waals surface area contributed by atoms with Crippen molar-refractivity contribution in [3.8, 4) is 0 Å². The van der Waals surface area contributed by atoms with Gasteiger partial charge in [0.2, 0.25) is 5.09 Å². The lowest BCUT2D eigenvalue weighted by atomic mass is 10.4. The van der Waals surface area contributed by atoms with Gasteiger partial charge in [-0.15, -0.1) is 0 Å². The predicted molar refractivity (Wildman–Crippen MR) is 71.2 cm³/mol. The maximum Gasteiger partial charge on any atom is 0.276 e. The molecule has 2 aliphatic carbocycles. The number of nitrogens with zero attached hydrogens (tertiary/aromatic N) is 1. The number of hydrogen-bond donors (Lipinski definition) is 1. The monoisotopic (exact) mass is 284 g/mol. The Morgan fingerprint density at radius 2 is 2.05 bits per heavy atom. The van der Waals surface area contributed by atoms with Gasteiger partial charge < -0.3 is 9.73 Å². The van der Waals surface area contributed by atoms with Crippen molar-refractivity contribution in [3.05, 3.63) is 17.9 Å². The molecule has 0 atom stereocenters. The number of rotatable bonds is 7. The highest BCUT2D eigenvalue weighted by atomic mass is 32.2. The minimum atomic E-state index is -3.45. The molecule has 1 heterocycles. The first-order valence-electron chi connectivity index (χ1n) is 6.95. The quantitative estimate of drug-likeness (QED) is 0.828. The van der Waals surface area contributed by atoms with Gasteiger partial charge in [-0.2, -0.15) is 4.31 Å². The van der Waals surface area contributed by atoms with Gasteiger partial charge in [-0.1, -0.05) is 6.92 Å². The van der Waals surface area contributed by atoms with Gasteiger partial charge in [-0.3, -0.25) is 0 Å². The fraction of sp³-hybridized carbons (Fsp3) is 0.692. The summed E-state index contributed by atoms with van der Waals surface area (Å²) >= 11 is 0. The van der Waals surface area contributed by atoms with Gasteiger partial charge in [0, 0.05) is 18.6 Å². The first-order chi connectivity index (χ1) is 9.11. The predicted octanol–water partition coefficient (Wildman–Crippen LogP) is 1.70. The lowest BCUT2D eigenvalue weighted by Crippen LogP contribution is -2.32. The van der Waals surface area contributed by atoms with Gasteiger partial charge in [0.25, 0.3) is 10.0 Å². The highest BCUT2D eigenvalue weighted by Crippen LogP contribution is 2.32. The minimum absolute atomic E-state index is 0.0776. The summed E-state index contributed by atoms with van der Waals surface area (Å²) in [6, 6.07) is 4.09. The molecule has 1 aromatic rings. The van der Waals surface area contributed by atoms with Crippen molar-refractivity contribution in [3.63, 3.8) is 0 Å². The molecule has 1 N–H and O–H groups in total. The van der Waals surface area contributed by atoms with Crippen LogP contribution < -0.4 is 5.32 Å². The van der Waals surface area contributed by atoms with Gasteiger partial charge in [0.1, 0.15) is 5.76 Å². The van der Waals surface area contributed by atoms with Gasteiger partial charge >= 0.3 is 0 Å². The molecule has 1 aromatic heterocycles. The van der Waals surface area contributed by atoms with Crippen molar-refractivity contribution in [2.24, 2.45) is 0 Å². The van der Waals surface area contributed by atoms with Gasteiger partial charge in [0.05, 0.1) is 6.54 Å². The van der Waals surface area contributed by atoms with Crippen LogP contribution in [0.25, 0.3) is 0 Å². The van der Waals surface area contributed by atoms with Crippen LogP contribution >= 0.6 is 0 Å². The molecule has 0 aromatic carbocycles. The molecule has 0 amide bonds. The third-order valence-corrected chi connectivity index (χ3v) is 5.51. The smallest absolute Gasteiger partial charge is 0.276 e. The van der Waals surface area contributed by atoms with Crippen molar-refractivity contribution in [2.75, 3.05) is 6.54 Å². The molecule has 2 aliphatic rings. The zero-order chi connectivity index (χ0) is 13.5. The van der Waals surface area contributed by atoms with Gasteiger partial charge in [0.15, 0.2) is 0 Å². The van der Waals surface area contributed by atoms with Crippen LogP contribution in [-0.4, -0.2) is 31.4 Å². The summed E-state index contributed by atoms with van der Waals surface area (Å²) in [6.45, 7) is 2.98. The largest absolute Gasteiger partial charge is 0.447 e. The van der Waals surface area contributed by atoms with Crippen molar-refractivity contribution < 1.29 is 12.8 Å². The molecule has 0 radical (unpaired) electrons. The third-order valence-electron chi connectivity index (χ3n) is 3.61. The summed E-state index contributed by atoms with van der Waals surface area (Å²) in [4.78, 5) is 0. The Morgan fingerprint density at radius 3 is 2.63 bits per heavy atom. The van der Waals surface area contributed by atoms with E-state index in [0.717, 1.165) is 12.8 Å². The molecule has 106 valence electrons. The van der Waals surface area contributed by atoms with Crippen LogP contribution in [0.1, 0.15) is 38.4 Å². The average molecular weight is 284 g/mol. The van der Waals surface area contributed by atoms with E-state index in [4.69, 9.17) is 4.42 Å². The normalized spacial score (nSPS) is 20.1. The Balaban J connectivity index is 1.72. The number of nitrogens with one attached hydrogen (secondary N) is 1. The Morgan fingerprint density at radius 1 is 1.32 bits per heavy atom. The molecular weight excluding hydrogens is 264 g/mol. The summed E-state index contributed by atoms with van der Waals surface area (Å²) in [6.07, 6.45) is 4.34. The maximum absolute atomic E-state index is 12.4. The highest BCUT2D eigenvalue weighted by Gasteiger charge is 2.38. The molecule has 0 saturated heterocycles. The summed E-state index contributed by atoms with van der Waals surface area (Å²) in [5.74, 6) is 0.692.